The van der Waals surface area contributed by atoms with Crippen molar-refractivity contribution in [2.45, 2.75) is 11.7 Å². The average Bonchev–Trinajstić information content (AvgIpc) is 2.58. The van der Waals surface area contributed by atoms with E-state index in [1.54, 1.807) is 24.3 Å². The second-order valence-electron chi connectivity index (χ2n) is 3.53. The van der Waals surface area contributed by atoms with E-state index in [0.717, 1.165) is 16.2 Å². The number of thioether (sulfide) groups is 1. The Kier molecular flexibility index (Phi) is 3.63. The molecule has 0 unspecified atom stereocenters. The molecule has 0 aliphatic carbocycles. The van der Waals surface area contributed by atoms with Crippen LogP contribution in [-0.4, -0.2) is 22.1 Å². The lowest BCUT2D eigenvalue weighted by atomic mass is 10.1. The summed E-state index contributed by atoms with van der Waals surface area (Å²) in [6.45, 7) is 0. The van der Waals surface area contributed by atoms with Gasteiger partial charge < -0.3 is 5.73 Å². The maximum absolute atomic E-state index is 11.9. The summed E-state index contributed by atoms with van der Waals surface area (Å²) in [4.78, 5) is 26.8. The highest BCUT2D eigenvalue weighted by Gasteiger charge is 2.29. The van der Waals surface area contributed by atoms with Crippen LogP contribution < -0.4 is 5.73 Å². The van der Waals surface area contributed by atoms with Crippen molar-refractivity contribution in [3.63, 3.8) is 0 Å². The summed E-state index contributed by atoms with van der Waals surface area (Å²) < 4.78 is 0.910. The smallest absolute Gasteiger partial charge is 0.262 e. The third kappa shape index (κ3) is 2.95. The summed E-state index contributed by atoms with van der Waals surface area (Å²) in [7, 11) is 0. The number of hydrogen-bond acceptors (Lipinski definition) is 4. The molecule has 0 saturated carbocycles. The molecule has 4 nitrogen and oxygen atoms in total. The minimum Gasteiger partial charge on any atom is -0.378 e. The molecule has 1 aliphatic heterocycles. The molecule has 1 aromatic carbocycles. The van der Waals surface area contributed by atoms with Crippen molar-refractivity contribution in [3.8, 4) is 0 Å². The molecule has 1 amide bonds. The van der Waals surface area contributed by atoms with E-state index >= 15 is 0 Å². The number of hydrogen-bond donors (Lipinski definition) is 1. The molecule has 1 heterocycles. The van der Waals surface area contributed by atoms with Crippen molar-refractivity contribution in [2.24, 2.45) is 10.7 Å². The number of ketones is 1. The standard InChI is InChI=1S/C11H9BrN2O2S/c12-7-3-1-6(2-4-7)8(15)5-9-10(16)14-11(13)17-9/h1-4,9H,5H2,(H2,13,14,16)/t9-/m1/s1. The number of nitrogens with two attached hydrogens (primary N) is 1. The van der Waals surface area contributed by atoms with E-state index in [9.17, 15) is 9.59 Å². The average molecular weight is 313 g/mol. The first-order chi connectivity index (χ1) is 8.06. The summed E-state index contributed by atoms with van der Waals surface area (Å²) >= 11 is 4.44. The molecule has 0 saturated heterocycles. The van der Waals surface area contributed by atoms with E-state index in [2.05, 4.69) is 20.9 Å². The summed E-state index contributed by atoms with van der Waals surface area (Å²) in [6, 6.07) is 7.03. The van der Waals surface area contributed by atoms with Crippen molar-refractivity contribution in [2.75, 3.05) is 0 Å². The monoisotopic (exact) mass is 312 g/mol. The maximum Gasteiger partial charge on any atom is 0.262 e. The molecule has 1 aliphatic rings. The van der Waals surface area contributed by atoms with E-state index in [-0.39, 0.29) is 23.3 Å². The van der Waals surface area contributed by atoms with E-state index in [1.807, 2.05) is 0 Å². The molecule has 2 rings (SSSR count). The predicted molar refractivity (Wildman–Crippen MR) is 71.1 cm³/mol. The predicted octanol–water partition coefficient (Wildman–Crippen LogP) is 1.98. The molecule has 0 radical (unpaired) electrons. The highest BCUT2D eigenvalue weighted by Crippen LogP contribution is 2.24. The molecule has 17 heavy (non-hydrogen) atoms. The molecule has 1 atom stereocenters. The minimum absolute atomic E-state index is 0.0757. The highest BCUT2D eigenvalue weighted by molar-refractivity contribution is 9.10. The van der Waals surface area contributed by atoms with Crippen LogP contribution in [0.5, 0.6) is 0 Å². The summed E-state index contributed by atoms with van der Waals surface area (Å²) in [5.74, 6) is -0.397. The summed E-state index contributed by atoms with van der Waals surface area (Å²) in [5.41, 5.74) is 6.01. The molecule has 2 N–H and O–H groups in total. The van der Waals surface area contributed by atoms with Gasteiger partial charge in [-0.25, -0.2) is 0 Å². The fourth-order valence-electron chi connectivity index (χ4n) is 1.45. The number of nitrogens with zero attached hydrogens (tertiary/aromatic N) is 1. The Morgan fingerprint density at radius 3 is 2.59 bits per heavy atom. The first-order valence-electron chi connectivity index (χ1n) is 4.89. The van der Waals surface area contributed by atoms with E-state index < -0.39 is 5.25 Å². The van der Waals surface area contributed by atoms with Crippen LogP contribution in [0.1, 0.15) is 16.8 Å². The normalized spacial score (nSPS) is 19.2. The molecule has 0 bridgehead atoms. The molecule has 0 spiro atoms. The van der Waals surface area contributed by atoms with Gasteiger partial charge in [-0.2, -0.15) is 4.99 Å². The summed E-state index contributed by atoms with van der Waals surface area (Å²) in [5, 5.41) is -0.227. The van der Waals surface area contributed by atoms with Crippen molar-refractivity contribution in [3.05, 3.63) is 34.3 Å². The lowest BCUT2D eigenvalue weighted by Gasteiger charge is -2.05. The fraction of sp³-hybridized carbons (Fsp3) is 0.182. The van der Waals surface area contributed by atoms with Crippen LogP contribution in [-0.2, 0) is 4.79 Å². The SMILES string of the molecule is NC1=NC(=O)[C@@H](CC(=O)c2ccc(Br)cc2)S1. The van der Waals surface area contributed by atoms with Crippen LogP contribution in [0.2, 0.25) is 0 Å². The molecule has 1 aromatic rings. The zero-order chi connectivity index (χ0) is 12.4. The zero-order valence-corrected chi connectivity index (χ0v) is 11.1. The summed E-state index contributed by atoms with van der Waals surface area (Å²) in [6.07, 6.45) is 0.134. The van der Waals surface area contributed by atoms with E-state index in [4.69, 9.17) is 5.73 Å². The number of Topliss-reactive ketones (excluding diaryl/α,β-unsaturated/α-hetero) is 1. The van der Waals surface area contributed by atoms with Gasteiger partial charge in [0.1, 0.15) is 5.25 Å². The zero-order valence-electron chi connectivity index (χ0n) is 8.72. The lowest BCUT2D eigenvalue weighted by molar-refractivity contribution is -0.117. The quantitative estimate of drug-likeness (QED) is 0.866. The van der Waals surface area contributed by atoms with Gasteiger partial charge in [0, 0.05) is 16.5 Å². The topological polar surface area (TPSA) is 72.5 Å². The molecule has 0 aromatic heterocycles. The Morgan fingerprint density at radius 1 is 1.41 bits per heavy atom. The van der Waals surface area contributed by atoms with Crippen LogP contribution >= 0.6 is 27.7 Å². The molecule has 0 fully saturated rings. The van der Waals surface area contributed by atoms with Gasteiger partial charge in [-0.05, 0) is 12.1 Å². The number of carbonyl (C=O) groups is 2. The third-order valence-electron chi connectivity index (χ3n) is 2.30. The van der Waals surface area contributed by atoms with Gasteiger partial charge in [0.25, 0.3) is 5.91 Å². The lowest BCUT2D eigenvalue weighted by Crippen LogP contribution is -2.16. The van der Waals surface area contributed by atoms with Crippen molar-refractivity contribution in [1.29, 1.82) is 0 Å². The van der Waals surface area contributed by atoms with Crippen LogP contribution in [0.15, 0.2) is 33.7 Å². The number of amidine groups is 1. The fourth-order valence-corrected chi connectivity index (χ4v) is 2.54. The first-order valence-corrected chi connectivity index (χ1v) is 6.57. The Hall–Kier alpha value is -1.14. The number of benzene rings is 1. The highest BCUT2D eigenvalue weighted by atomic mass is 79.9. The van der Waals surface area contributed by atoms with Crippen molar-refractivity contribution >= 4 is 44.5 Å². The van der Waals surface area contributed by atoms with Crippen molar-refractivity contribution in [1.82, 2.24) is 0 Å². The van der Waals surface area contributed by atoms with Crippen molar-refractivity contribution < 1.29 is 9.59 Å². The molecular weight excluding hydrogens is 304 g/mol. The first kappa shape index (κ1) is 12.3. The van der Waals surface area contributed by atoms with Gasteiger partial charge in [-0.3, -0.25) is 9.59 Å². The Balaban J connectivity index is 2.03. The van der Waals surface area contributed by atoms with Gasteiger partial charge in [-0.15, -0.1) is 0 Å². The van der Waals surface area contributed by atoms with Gasteiger partial charge in [-0.1, -0.05) is 39.8 Å². The molecule has 6 heteroatoms. The number of carbonyl (C=O) groups excluding carboxylic acids is 2. The Morgan fingerprint density at radius 2 is 2.06 bits per heavy atom. The molecular formula is C11H9BrN2O2S. The van der Waals surface area contributed by atoms with E-state index in [0.29, 0.717) is 5.56 Å². The second kappa shape index (κ2) is 5.01. The Bertz CT molecular complexity index is 499. The van der Waals surface area contributed by atoms with Crippen LogP contribution in [0.3, 0.4) is 0 Å². The van der Waals surface area contributed by atoms with Gasteiger partial charge >= 0.3 is 0 Å². The number of amides is 1. The minimum atomic E-state index is -0.467. The number of rotatable bonds is 3. The number of halogens is 1. The van der Waals surface area contributed by atoms with E-state index in [1.165, 1.54) is 0 Å². The van der Waals surface area contributed by atoms with Gasteiger partial charge in [0.15, 0.2) is 11.0 Å². The van der Waals surface area contributed by atoms with Gasteiger partial charge in [0.2, 0.25) is 0 Å². The van der Waals surface area contributed by atoms with Crippen LogP contribution in [0, 0.1) is 0 Å². The molecule has 88 valence electrons. The second-order valence-corrected chi connectivity index (χ2v) is 5.67. The third-order valence-corrected chi connectivity index (χ3v) is 3.81. The Labute approximate surface area is 111 Å². The van der Waals surface area contributed by atoms with Gasteiger partial charge in [0.05, 0.1) is 0 Å². The van der Waals surface area contributed by atoms with Crippen LogP contribution in [0.25, 0.3) is 0 Å². The maximum atomic E-state index is 11.9. The van der Waals surface area contributed by atoms with Crippen LogP contribution in [0.4, 0.5) is 0 Å². The number of aliphatic imine (C=N–C) groups is 1. The largest absolute Gasteiger partial charge is 0.378 e.